The van der Waals surface area contributed by atoms with E-state index >= 15 is 0 Å². The number of aliphatic hydroxyl groups excluding tert-OH is 1. The number of rotatable bonds is 2. The van der Waals surface area contributed by atoms with Gasteiger partial charge in [-0.05, 0) is 18.1 Å². The van der Waals surface area contributed by atoms with Gasteiger partial charge >= 0.3 is 5.97 Å². The molecule has 0 aromatic heterocycles. The quantitative estimate of drug-likeness (QED) is 0.567. The first-order valence-electron chi connectivity index (χ1n) is 9.31. The van der Waals surface area contributed by atoms with Crippen LogP contribution in [-0.4, -0.2) is 45.6 Å². The fraction of sp³-hybridized carbons (Fsp3) is 0.318. The number of ether oxygens (including phenoxy) is 1. The molecule has 0 spiro atoms. The molecular weight excluding hydrogens is 376 g/mol. The molecule has 29 heavy (non-hydrogen) atoms. The van der Waals surface area contributed by atoms with E-state index < -0.39 is 40.9 Å². The minimum atomic E-state index is -1.63. The second kappa shape index (κ2) is 6.50. The van der Waals surface area contributed by atoms with E-state index in [1.54, 1.807) is 19.1 Å². The van der Waals surface area contributed by atoms with Gasteiger partial charge in [0.1, 0.15) is 11.7 Å². The number of phenolic OH excluding ortho intramolecular Hbond substituents is 1. The second-order valence-electron chi connectivity index (χ2n) is 7.49. The van der Waals surface area contributed by atoms with Gasteiger partial charge in [-0.25, -0.2) is 0 Å². The molecule has 3 N–H and O–H groups in total. The van der Waals surface area contributed by atoms with Gasteiger partial charge in [-0.15, -0.1) is 0 Å². The number of aromatic hydroxyl groups is 1. The summed E-state index contributed by atoms with van der Waals surface area (Å²) in [4.78, 5) is 38.6. The molecule has 0 saturated heterocycles. The standard InChI is InChI=1S/C22H20O7/c1-3-22(28)9-14(23)15-12(17(22)21(27)29-2)8-13-16(20(15)26)19(25)11-7-5-4-6-10(11)18(13)24/h4-8,14,17,23,26,28H,3,9H2,1-2H3/t14-,17-,22+/m1/s1. The highest BCUT2D eigenvalue weighted by molar-refractivity contribution is 6.29. The number of esters is 1. The number of carbonyl (C=O) groups excluding carboxylic acids is 3. The number of aliphatic hydroxyl groups is 2. The van der Waals surface area contributed by atoms with E-state index in [0.29, 0.717) is 0 Å². The predicted molar refractivity (Wildman–Crippen MR) is 101 cm³/mol. The lowest BCUT2D eigenvalue weighted by molar-refractivity contribution is -0.153. The van der Waals surface area contributed by atoms with Crippen LogP contribution in [0.25, 0.3) is 0 Å². The average Bonchev–Trinajstić information content (AvgIpc) is 2.71. The fourth-order valence-corrected chi connectivity index (χ4v) is 4.52. The van der Waals surface area contributed by atoms with Gasteiger partial charge in [0, 0.05) is 28.7 Å². The van der Waals surface area contributed by atoms with Gasteiger partial charge in [0.25, 0.3) is 0 Å². The molecule has 4 rings (SSSR count). The summed E-state index contributed by atoms with van der Waals surface area (Å²) in [7, 11) is 1.17. The molecule has 7 nitrogen and oxygen atoms in total. The number of phenols is 1. The van der Waals surface area contributed by atoms with Gasteiger partial charge in [0.05, 0.1) is 24.4 Å². The Kier molecular flexibility index (Phi) is 4.33. The SMILES string of the molecule is CC[C@]1(O)C[C@@H](O)c2c(cc3c(c2O)C(=O)c2ccccc2C3=O)[C@@H]1C(=O)OC. The first-order valence-corrected chi connectivity index (χ1v) is 9.31. The summed E-state index contributed by atoms with van der Waals surface area (Å²) in [6.45, 7) is 1.66. The third kappa shape index (κ3) is 2.54. The van der Waals surface area contributed by atoms with E-state index in [1.165, 1.54) is 25.3 Å². The Labute approximate surface area is 166 Å². The summed E-state index contributed by atoms with van der Waals surface area (Å²) in [6, 6.07) is 7.59. The third-order valence-electron chi connectivity index (χ3n) is 6.04. The maximum atomic E-state index is 13.0. The van der Waals surface area contributed by atoms with Gasteiger partial charge in [-0.3, -0.25) is 14.4 Å². The minimum absolute atomic E-state index is 0.0298. The summed E-state index contributed by atoms with van der Waals surface area (Å²) in [5.74, 6) is -3.51. The van der Waals surface area contributed by atoms with Crippen LogP contribution in [0.15, 0.2) is 30.3 Å². The van der Waals surface area contributed by atoms with E-state index in [0.717, 1.165) is 0 Å². The van der Waals surface area contributed by atoms with Crippen LogP contribution in [0.3, 0.4) is 0 Å². The lowest BCUT2D eigenvalue weighted by Gasteiger charge is -2.42. The van der Waals surface area contributed by atoms with Gasteiger partial charge in [-0.2, -0.15) is 0 Å². The summed E-state index contributed by atoms with van der Waals surface area (Å²) >= 11 is 0. The number of hydrogen-bond donors (Lipinski definition) is 3. The van der Waals surface area contributed by atoms with Crippen molar-refractivity contribution in [2.24, 2.45) is 0 Å². The summed E-state index contributed by atoms with van der Waals surface area (Å²) in [5, 5.41) is 32.6. The molecule has 0 amide bonds. The van der Waals surface area contributed by atoms with Gasteiger partial charge in [0.15, 0.2) is 11.6 Å². The molecule has 0 saturated carbocycles. The number of carbonyl (C=O) groups is 3. The monoisotopic (exact) mass is 396 g/mol. The second-order valence-corrected chi connectivity index (χ2v) is 7.49. The van der Waals surface area contributed by atoms with Crippen LogP contribution in [-0.2, 0) is 9.53 Å². The zero-order chi connectivity index (χ0) is 21.1. The normalized spacial score (nSPS) is 25.1. The van der Waals surface area contributed by atoms with Crippen molar-refractivity contribution in [1.29, 1.82) is 0 Å². The fourth-order valence-electron chi connectivity index (χ4n) is 4.52. The van der Waals surface area contributed by atoms with Crippen LogP contribution in [0.2, 0.25) is 0 Å². The number of fused-ring (bicyclic) bond motifs is 3. The van der Waals surface area contributed by atoms with Gasteiger partial charge < -0.3 is 20.1 Å². The molecule has 0 bridgehead atoms. The topological polar surface area (TPSA) is 121 Å². The lowest BCUT2D eigenvalue weighted by atomic mass is 9.67. The Balaban J connectivity index is 2.03. The maximum absolute atomic E-state index is 13.0. The number of ketones is 2. The molecular formula is C22H20O7. The van der Waals surface area contributed by atoms with E-state index in [9.17, 15) is 29.7 Å². The smallest absolute Gasteiger partial charge is 0.316 e. The van der Waals surface area contributed by atoms with Crippen LogP contribution in [0, 0.1) is 0 Å². The van der Waals surface area contributed by atoms with Crippen molar-refractivity contribution in [3.63, 3.8) is 0 Å². The molecule has 2 aliphatic rings. The molecule has 2 aromatic carbocycles. The molecule has 150 valence electrons. The van der Waals surface area contributed by atoms with Gasteiger partial charge in [0.2, 0.25) is 0 Å². The molecule has 3 atom stereocenters. The highest BCUT2D eigenvalue weighted by Gasteiger charge is 2.51. The number of hydrogen-bond acceptors (Lipinski definition) is 7. The molecule has 7 heteroatoms. The van der Waals surface area contributed by atoms with E-state index in [1.807, 2.05) is 0 Å². The highest BCUT2D eigenvalue weighted by atomic mass is 16.5. The van der Waals surface area contributed by atoms with Crippen LogP contribution in [0.4, 0.5) is 0 Å². The largest absolute Gasteiger partial charge is 0.507 e. The van der Waals surface area contributed by atoms with Crippen LogP contribution < -0.4 is 0 Å². The zero-order valence-corrected chi connectivity index (χ0v) is 15.9. The zero-order valence-electron chi connectivity index (χ0n) is 15.9. The summed E-state index contributed by atoms with van der Waals surface area (Å²) < 4.78 is 4.85. The van der Waals surface area contributed by atoms with Crippen molar-refractivity contribution in [1.82, 2.24) is 0 Å². The Morgan fingerprint density at radius 2 is 1.79 bits per heavy atom. The number of methoxy groups -OCH3 is 1. The summed E-state index contributed by atoms with van der Waals surface area (Å²) in [6.07, 6.45) is -1.40. The Bertz CT molecular complexity index is 1070. The molecule has 0 heterocycles. The van der Waals surface area contributed by atoms with Crippen LogP contribution >= 0.6 is 0 Å². The molecule has 0 unspecified atom stereocenters. The molecule has 0 fully saturated rings. The van der Waals surface area contributed by atoms with Crippen molar-refractivity contribution >= 4 is 17.5 Å². The first-order chi connectivity index (χ1) is 13.7. The Hall–Kier alpha value is -3.03. The van der Waals surface area contributed by atoms with Crippen molar-refractivity contribution in [3.8, 4) is 5.75 Å². The molecule has 2 aromatic rings. The first kappa shape index (κ1) is 19.3. The third-order valence-corrected chi connectivity index (χ3v) is 6.04. The van der Waals surface area contributed by atoms with Crippen molar-refractivity contribution in [3.05, 3.63) is 63.7 Å². The Morgan fingerprint density at radius 3 is 2.38 bits per heavy atom. The molecule has 0 aliphatic heterocycles. The molecule has 0 radical (unpaired) electrons. The highest BCUT2D eigenvalue weighted by Crippen LogP contribution is 2.51. The van der Waals surface area contributed by atoms with E-state index in [-0.39, 0.29) is 46.2 Å². The number of benzene rings is 2. The lowest BCUT2D eigenvalue weighted by Crippen LogP contribution is -2.46. The predicted octanol–water partition coefficient (Wildman–Crippen LogP) is 2.00. The minimum Gasteiger partial charge on any atom is -0.507 e. The maximum Gasteiger partial charge on any atom is 0.316 e. The average molecular weight is 396 g/mol. The van der Waals surface area contributed by atoms with Gasteiger partial charge in [-0.1, -0.05) is 31.2 Å². The van der Waals surface area contributed by atoms with Crippen LogP contribution in [0.5, 0.6) is 5.75 Å². The van der Waals surface area contributed by atoms with Crippen molar-refractivity contribution in [2.75, 3.05) is 7.11 Å². The van der Waals surface area contributed by atoms with Crippen molar-refractivity contribution < 1.29 is 34.4 Å². The van der Waals surface area contributed by atoms with Crippen molar-refractivity contribution in [2.45, 2.75) is 37.4 Å². The molecule has 2 aliphatic carbocycles. The van der Waals surface area contributed by atoms with E-state index in [4.69, 9.17) is 4.74 Å². The summed E-state index contributed by atoms with van der Waals surface area (Å²) in [5.41, 5.74) is -1.46. The van der Waals surface area contributed by atoms with Crippen LogP contribution in [0.1, 0.15) is 74.8 Å². The van der Waals surface area contributed by atoms with E-state index in [2.05, 4.69) is 0 Å². The Morgan fingerprint density at radius 1 is 1.17 bits per heavy atom.